The summed E-state index contributed by atoms with van der Waals surface area (Å²) in [6, 6.07) is 5.12. The van der Waals surface area contributed by atoms with Gasteiger partial charge in [0.25, 0.3) is 0 Å². The molecule has 1 heterocycles. The van der Waals surface area contributed by atoms with Gasteiger partial charge >= 0.3 is 11.4 Å². The zero-order valence-corrected chi connectivity index (χ0v) is 10.4. The van der Waals surface area contributed by atoms with Gasteiger partial charge in [0.15, 0.2) is 0 Å². The van der Waals surface area contributed by atoms with Crippen LogP contribution < -0.4 is 11.4 Å². The van der Waals surface area contributed by atoms with Crippen LogP contribution in [0.3, 0.4) is 0 Å². The van der Waals surface area contributed by atoms with Crippen LogP contribution in [0.4, 0.5) is 0 Å². The smallest absolute Gasteiger partial charge is 0.372 e. The van der Waals surface area contributed by atoms with Crippen LogP contribution in [-0.4, -0.2) is 4.57 Å². The number of benzene rings is 1. The fraction of sp³-hybridized carbons (Fsp3) is 0.273. The van der Waals surface area contributed by atoms with E-state index in [2.05, 4.69) is 20.3 Å². The molecule has 16 heavy (non-hydrogen) atoms. The van der Waals surface area contributed by atoms with Crippen molar-refractivity contribution in [2.75, 3.05) is 0 Å². The third kappa shape index (κ3) is 1.71. The molecule has 5 heteroatoms. The van der Waals surface area contributed by atoms with Crippen LogP contribution in [0.2, 0.25) is 0 Å². The first-order chi connectivity index (χ1) is 7.50. The van der Waals surface area contributed by atoms with E-state index in [0.717, 1.165) is 4.47 Å². The lowest BCUT2D eigenvalue weighted by molar-refractivity contribution is 0.399. The molecule has 84 valence electrons. The Balaban J connectivity index is 3.02. The standard InChI is InChI=1S/C11H10BrNO3/c1-6(2)13-9-4-3-7(12)5-8(9)10(14)16-11(13)15/h3-6H,1-2H3. The predicted octanol–water partition coefficient (Wildman–Crippen LogP) is 2.30. The van der Waals surface area contributed by atoms with Crippen LogP contribution in [0.15, 0.2) is 36.7 Å². The number of nitrogens with zero attached hydrogens (tertiary/aromatic N) is 1. The number of hydrogen-bond donors (Lipinski definition) is 0. The Labute approximate surface area is 99.6 Å². The first-order valence-electron chi connectivity index (χ1n) is 4.85. The van der Waals surface area contributed by atoms with E-state index < -0.39 is 11.4 Å². The maximum Gasteiger partial charge on any atom is 0.422 e. The minimum Gasteiger partial charge on any atom is -0.372 e. The van der Waals surface area contributed by atoms with E-state index in [4.69, 9.17) is 0 Å². The highest BCUT2D eigenvalue weighted by Gasteiger charge is 2.11. The van der Waals surface area contributed by atoms with Gasteiger partial charge in [0.1, 0.15) is 0 Å². The molecule has 2 aromatic rings. The van der Waals surface area contributed by atoms with Crippen LogP contribution in [0, 0.1) is 0 Å². The highest BCUT2D eigenvalue weighted by atomic mass is 79.9. The third-order valence-electron chi connectivity index (χ3n) is 2.33. The summed E-state index contributed by atoms with van der Waals surface area (Å²) in [6.07, 6.45) is 0. The van der Waals surface area contributed by atoms with Gasteiger partial charge < -0.3 is 4.42 Å². The van der Waals surface area contributed by atoms with E-state index in [9.17, 15) is 9.59 Å². The van der Waals surface area contributed by atoms with Gasteiger partial charge in [-0.3, -0.25) is 4.57 Å². The fourth-order valence-electron chi connectivity index (χ4n) is 1.65. The monoisotopic (exact) mass is 283 g/mol. The molecule has 0 radical (unpaired) electrons. The summed E-state index contributed by atoms with van der Waals surface area (Å²) >= 11 is 3.28. The van der Waals surface area contributed by atoms with Crippen LogP contribution in [0.5, 0.6) is 0 Å². The van der Waals surface area contributed by atoms with Crippen molar-refractivity contribution in [3.05, 3.63) is 43.6 Å². The second-order valence-electron chi connectivity index (χ2n) is 3.78. The van der Waals surface area contributed by atoms with E-state index in [1.54, 1.807) is 18.2 Å². The largest absolute Gasteiger partial charge is 0.422 e. The molecule has 0 unspecified atom stereocenters. The molecule has 0 saturated carbocycles. The molecular weight excluding hydrogens is 274 g/mol. The average Bonchev–Trinajstić information content (AvgIpc) is 2.18. The highest BCUT2D eigenvalue weighted by molar-refractivity contribution is 9.10. The summed E-state index contributed by atoms with van der Waals surface area (Å²) in [4.78, 5) is 23.1. The normalized spacial score (nSPS) is 11.2. The molecule has 0 amide bonds. The maximum absolute atomic E-state index is 11.6. The number of rotatable bonds is 1. The zero-order chi connectivity index (χ0) is 11.9. The summed E-state index contributed by atoms with van der Waals surface area (Å²) in [7, 11) is 0. The Morgan fingerprint density at radius 3 is 2.62 bits per heavy atom. The van der Waals surface area contributed by atoms with Crippen molar-refractivity contribution in [3.8, 4) is 0 Å². The minimum absolute atomic E-state index is 0.0551. The molecule has 0 spiro atoms. The van der Waals surface area contributed by atoms with Gasteiger partial charge in [0.2, 0.25) is 0 Å². The third-order valence-corrected chi connectivity index (χ3v) is 2.82. The van der Waals surface area contributed by atoms with Crippen LogP contribution >= 0.6 is 15.9 Å². The summed E-state index contributed by atoms with van der Waals surface area (Å²) in [6.45, 7) is 3.73. The summed E-state index contributed by atoms with van der Waals surface area (Å²) in [5.41, 5.74) is -0.00218. The van der Waals surface area contributed by atoms with Crippen molar-refractivity contribution in [3.63, 3.8) is 0 Å². The molecule has 1 aromatic heterocycles. The van der Waals surface area contributed by atoms with E-state index in [1.807, 2.05) is 13.8 Å². The summed E-state index contributed by atoms with van der Waals surface area (Å²) in [5.74, 6) is -0.616. The number of hydrogen-bond acceptors (Lipinski definition) is 3. The van der Waals surface area contributed by atoms with Crippen molar-refractivity contribution < 1.29 is 4.42 Å². The number of fused-ring (bicyclic) bond motifs is 1. The summed E-state index contributed by atoms with van der Waals surface area (Å²) < 4.78 is 6.91. The quantitative estimate of drug-likeness (QED) is 0.807. The number of halogens is 1. The van der Waals surface area contributed by atoms with Gasteiger partial charge in [-0.05, 0) is 32.0 Å². The molecule has 0 aliphatic rings. The second-order valence-corrected chi connectivity index (χ2v) is 4.70. The van der Waals surface area contributed by atoms with Gasteiger partial charge in [0.05, 0.1) is 10.9 Å². The molecule has 0 fully saturated rings. The molecule has 0 atom stereocenters. The minimum atomic E-state index is -0.616. The maximum atomic E-state index is 11.6. The van der Waals surface area contributed by atoms with Crippen molar-refractivity contribution in [2.24, 2.45) is 0 Å². The lowest BCUT2D eigenvalue weighted by Crippen LogP contribution is -2.26. The van der Waals surface area contributed by atoms with E-state index in [0.29, 0.717) is 10.9 Å². The van der Waals surface area contributed by atoms with Crippen LogP contribution in [-0.2, 0) is 0 Å². The first kappa shape index (κ1) is 11.1. The Kier molecular flexibility index (Phi) is 2.71. The molecular formula is C11H10BrNO3. The van der Waals surface area contributed by atoms with Crippen molar-refractivity contribution >= 4 is 26.8 Å². The van der Waals surface area contributed by atoms with Crippen molar-refractivity contribution in [2.45, 2.75) is 19.9 Å². The molecule has 4 nitrogen and oxygen atoms in total. The molecule has 2 rings (SSSR count). The SMILES string of the molecule is CC(C)n1c(=O)oc(=O)c2cc(Br)ccc21. The van der Waals surface area contributed by atoms with Gasteiger partial charge in [-0.15, -0.1) is 0 Å². The molecule has 0 aliphatic carbocycles. The Hall–Kier alpha value is -1.36. The topological polar surface area (TPSA) is 52.2 Å². The van der Waals surface area contributed by atoms with E-state index >= 15 is 0 Å². The van der Waals surface area contributed by atoms with Crippen LogP contribution in [0.25, 0.3) is 10.9 Å². The first-order valence-corrected chi connectivity index (χ1v) is 5.65. The highest BCUT2D eigenvalue weighted by Crippen LogP contribution is 2.17. The average molecular weight is 284 g/mol. The van der Waals surface area contributed by atoms with E-state index in [1.165, 1.54) is 4.57 Å². The van der Waals surface area contributed by atoms with Gasteiger partial charge in [-0.25, -0.2) is 9.59 Å². The van der Waals surface area contributed by atoms with Gasteiger partial charge in [-0.2, -0.15) is 0 Å². The van der Waals surface area contributed by atoms with Crippen LogP contribution in [0.1, 0.15) is 19.9 Å². The fourth-order valence-corrected chi connectivity index (χ4v) is 2.01. The second kappa shape index (κ2) is 3.90. The molecule has 0 saturated heterocycles. The van der Waals surface area contributed by atoms with Gasteiger partial charge in [-0.1, -0.05) is 15.9 Å². The predicted molar refractivity (Wildman–Crippen MR) is 64.8 cm³/mol. The van der Waals surface area contributed by atoms with Crippen molar-refractivity contribution in [1.82, 2.24) is 4.57 Å². The molecule has 1 aromatic carbocycles. The summed E-state index contributed by atoms with van der Waals surface area (Å²) in [5, 5.41) is 0.405. The Morgan fingerprint density at radius 1 is 1.31 bits per heavy atom. The molecule has 0 aliphatic heterocycles. The molecule has 0 N–H and O–H groups in total. The van der Waals surface area contributed by atoms with Crippen molar-refractivity contribution in [1.29, 1.82) is 0 Å². The van der Waals surface area contributed by atoms with E-state index in [-0.39, 0.29) is 6.04 Å². The molecule has 0 bridgehead atoms. The lowest BCUT2D eigenvalue weighted by Gasteiger charge is -2.11. The Bertz CT molecular complexity index is 654. The lowest BCUT2D eigenvalue weighted by atomic mass is 10.2. The Morgan fingerprint density at radius 2 is 2.00 bits per heavy atom. The van der Waals surface area contributed by atoms with Gasteiger partial charge in [0, 0.05) is 10.5 Å². The zero-order valence-electron chi connectivity index (χ0n) is 8.86. The number of aromatic nitrogens is 1.